The zero-order valence-corrected chi connectivity index (χ0v) is 14.3. The number of amides is 1. The van der Waals surface area contributed by atoms with Crippen LogP contribution in [-0.4, -0.2) is 16.0 Å². The highest BCUT2D eigenvalue weighted by molar-refractivity contribution is 6.31. The maximum atomic E-state index is 12.3. The summed E-state index contributed by atoms with van der Waals surface area (Å²) in [7, 11) is 0. The number of aromatic nitrogens is 1. The van der Waals surface area contributed by atoms with Crippen LogP contribution in [0.15, 0.2) is 34.9 Å². The molecule has 0 atom stereocenters. The molecule has 0 aliphatic carbocycles. The van der Waals surface area contributed by atoms with Gasteiger partial charge in [-0.2, -0.15) is 0 Å². The lowest BCUT2D eigenvalue weighted by atomic mass is 10.1. The molecule has 25 heavy (non-hydrogen) atoms. The van der Waals surface area contributed by atoms with Crippen molar-refractivity contribution in [1.82, 2.24) is 5.16 Å². The van der Waals surface area contributed by atoms with E-state index in [9.17, 15) is 14.9 Å². The van der Waals surface area contributed by atoms with Gasteiger partial charge >= 0.3 is 0 Å². The molecule has 3 aromatic rings. The molecule has 7 nitrogen and oxygen atoms in total. The Morgan fingerprint density at radius 2 is 2.00 bits per heavy atom. The molecule has 0 fully saturated rings. The Morgan fingerprint density at radius 3 is 2.72 bits per heavy atom. The summed E-state index contributed by atoms with van der Waals surface area (Å²) in [6, 6.07) is 7.83. The number of hydrogen-bond acceptors (Lipinski definition) is 5. The van der Waals surface area contributed by atoms with Crippen LogP contribution in [0.3, 0.4) is 0 Å². The smallest absolute Gasteiger partial charge is 0.294 e. The highest BCUT2D eigenvalue weighted by Crippen LogP contribution is 2.28. The SMILES string of the molecule is Cc1cc2onc(CC(=O)Nc3ccc(Cl)cc3[N+](=O)[O-])c2cc1C. The topological polar surface area (TPSA) is 98.3 Å². The summed E-state index contributed by atoms with van der Waals surface area (Å²) in [4.78, 5) is 22.8. The number of carbonyl (C=O) groups is 1. The van der Waals surface area contributed by atoms with E-state index in [4.69, 9.17) is 16.1 Å². The van der Waals surface area contributed by atoms with Crippen molar-refractivity contribution in [2.45, 2.75) is 20.3 Å². The number of halogens is 1. The second-order valence-electron chi connectivity index (χ2n) is 5.71. The van der Waals surface area contributed by atoms with Crippen molar-refractivity contribution in [3.63, 3.8) is 0 Å². The van der Waals surface area contributed by atoms with Crippen LogP contribution >= 0.6 is 11.6 Å². The fraction of sp³-hybridized carbons (Fsp3) is 0.176. The molecule has 0 aliphatic heterocycles. The van der Waals surface area contributed by atoms with Gasteiger partial charge in [0.1, 0.15) is 11.4 Å². The summed E-state index contributed by atoms with van der Waals surface area (Å²) in [5, 5.41) is 18.5. The molecule has 1 amide bonds. The number of nitrogens with one attached hydrogen (secondary N) is 1. The van der Waals surface area contributed by atoms with Crippen molar-refractivity contribution >= 4 is 39.9 Å². The van der Waals surface area contributed by atoms with Crippen LogP contribution in [0.2, 0.25) is 5.02 Å². The Labute approximate surface area is 147 Å². The molecule has 0 unspecified atom stereocenters. The van der Waals surface area contributed by atoms with Crippen molar-refractivity contribution in [3.8, 4) is 0 Å². The first-order valence-electron chi connectivity index (χ1n) is 7.44. The first-order valence-corrected chi connectivity index (χ1v) is 7.82. The number of nitro benzene ring substituents is 1. The molecule has 0 radical (unpaired) electrons. The molecular weight excluding hydrogens is 346 g/mol. The Morgan fingerprint density at radius 1 is 1.28 bits per heavy atom. The van der Waals surface area contributed by atoms with Crippen LogP contribution in [0.25, 0.3) is 11.0 Å². The maximum absolute atomic E-state index is 12.3. The number of anilines is 1. The average molecular weight is 360 g/mol. The van der Waals surface area contributed by atoms with Gasteiger partial charge in [0.2, 0.25) is 5.91 Å². The lowest BCUT2D eigenvalue weighted by Crippen LogP contribution is -2.15. The summed E-state index contributed by atoms with van der Waals surface area (Å²) >= 11 is 5.77. The van der Waals surface area contributed by atoms with Gasteiger partial charge in [-0.05, 0) is 49.2 Å². The minimum Gasteiger partial charge on any atom is -0.356 e. The standard InChI is InChI=1S/C17H14ClN3O4/c1-9-5-12-14(20-25-16(12)6-10(9)2)8-17(22)19-13-4-3-11(18)7-15(13)21(23)24/h3-7H,8H2,1-2H3,(H,19,22). The van der Waals surface area contributed by atoms with Crippen LogP contribution in [0.4, 0.5) is 11.4 Å². The number of aryl methyl sites for hydroxylation is 2. The highest BCUT2D eigenvalue weighted by Gasteiger charge is 2.18. The lowest BCUT2D eigenvalue weighted by Gasteiger charge is -2.05. The van der Waals surface area contributed by atoms with Crippen LogP contribution < -0.4 is 5.32 Å². The van der Waals surface area contributed by atoms with Crippen LogP contribution in [0.5, 0.6) is 0 Å². The molecule has 0 saturated carbocycles. The van der Waals surface area contributed by atoms with Crippen molar-refractivity contribution in [2.24, 2.45) is 0 Å². The number of nitro groups is 1. The van der Waals surface area contributed by atoms with E-state index in [-0.39, 0.29) is 22.8 Å². The minimum atomic E-state index is -0.598. The van der Waals surface area contributed by atoms with Gasteiger partial charge in [0.05, 0.1) is 11.3 Å². The van der Waals surface area contributed by atoms with Crippen molar-refractivity contribution < 1.29 is 14.2 Å². The molecule has 2 aromatic carbocycles. The van der Waals surface area contributed by atoms with Gasteiger partial charge in [0.15, 0.2) is 5.58 Å². The third kappa shape index (κ3) is 3.46. The number of benzene rings is 2. The molecule has 0 bridgehead atoms. The second-order valence-corrected chi connectivity index (χ2v) is 6.14. The molecule has 0 aliphatic rings. The monoisotopic (exact) mass is 359 g/mol. The van der Waals surface area contributed by atoms with E-state index in [0.29, 0.717) is 11.3 Å². The van der Waals surface area contributed by atoms with Crippen molar-refractivity contribution in [2.75, 3.05) is 5.32 Å². The Bertz CT molecular complexity index is 997. The van der Waals surface area contributed by atoms with Crippen LogP contribution in [0, 0.1) is 24.0 Å². The van der Waals surface area contributed by atoms with Gasteiger partial charge in [-0.25, -0.2) is 0 Å². The van der Waals surface area contributed by atoms with E-state index in [1.165, 1.54) is 18.2 Å². The average Bonchev–Trinajstić information content (AvgIpc) is 2.91. The molecule has 0 saturated heterocycles. The second kappa shape index (κ2) is 6.52. The fourth-order valence-electron chi connectivity index (χ4n) is 2.48. The summed E-state index contributed by atoms with van der Waals surface area (Å²) in [6.07, 6.45) is -0.0602. The molecule has 1 N–H and O–H groups in total. The summed E-state index contributed by atoms with van der Waals surface area (Å²) in [5.41, 5.74) is 3.02. The Balaban J connectivity index is 1.84. The maximum Gasteiger partial charge on any atom is 0.294 e. The van der Waals surface area contributed by atoms with Gasteiger partial charge < -0.3 is 9.84 Å². The van der Waals surface area contributed by atoms with Gasteiger partial charge in [-0.1, -0.05) is 16.8 Å². The van der Waals surface area contributed by atoms with Gasteiger partial charge in [-0.3, -0.25) is 14.9 Å². The number of hydrogen-bond donors (Lipinski definition) is 1. The molecule has 3 rings (SSSR count). The fourth-order valence-corrected chi connectivity index (χ4v) is 2.65. The Hall–Kier alpha value is -2.93. The predicted molar refractivity (Wildman–Crippen MR) is 93.9 cm³/mol. The van der Waals surface area contributed by atoms with E-state index in [1.807, 2.05) is 26.0 Å². The van der Waals surface area contributed by atoms with Crippen molar-refractivity contribution in [3.05, 3.63) is 62.3 Å². The third-order valence-corrected chi connectivity index (χ3v) is 4.15. The highest BCUT2D eigenvalue weighted by atomic mass is 35.5. The number of nitrogens with zero attached hydrogens (tertiary/aromatic N) is 2. The predicted octanol–water partition coefficient (Wildman–Crippen LogP) is 4.19. The number of carbonyl (C=O) groups excluding carboxylic acids is 1. The van der Waals surface area contributed by atoms with E-state index in [1.54, 1.807) is 0 Å². The zero-order valence-electron chi connectivity index (χ0n) is 13.5. The third-order valence-electron chi connectivity index (χ3n) is 3.92. The quantitative estimate of drug-likeness (QED) is 0.556. The first-order chi connectivity index (χ1) is 11.8. The van der Waals surface area contributed by atoms with E-state index < -0.39 is 10.8 Å². The van der Waals surface area contributed by atoms with Crippen LogP contribution in [0.1, 0.15) is 16.8 Å². The van der Waals surface area contributed by atoms with Gasteiger partial charge in [0.25, 0.3) is 5.69 Å². The summed E-state index contributed by atoms with van der Waals surface area (Å²) in [6.45, 7) is 3.92. The molecular formula is C17H14ClN3O4. The van der Waals surface area contributed by atoms with Gasteiger partial charge in [0, 0.05) is 16.5 Å². The van der Waals surface area contributed by atoms with E-state index >= 15 is 0 Å². The van der Waals surface area contributed by atoms with Gasteiger partial charge in [-0.15, -0.1) is 0 Å². The minimum absolute atomic E-state index is 0.0602. The molecule has 128 valence electrons. The lowest BCUT2D eigenvalue weighted by molar-refractivity contribution is -0.383. The van der Waals surface area contributed by atoms with Crippen LogP contribution in [-0.2, 0) is 11.2 Å². The van der Waals surface area contributed by atoms with E-state index in [2.05, 4.69) is 10.5 Å². The molecule has 8 heteroatoms. The Kier molecular flexibility index (Phi) is 4.41. The number of rotatable bonds is 4. The number of fused-ring (bicyclic) bond motifs is 1. The normalized spacial score (nSPS) is 10.8. The zero-order chi connectivity index (χ0) is 18.1. The first kappa shape index (κ1) is 16.9. The van der Waals surface area contributed by atoms with Crippen molar-refractivity contribution in [1.29, 1.82) is 0 Å². The largest absolute Gasteiger partial charge is 0.356 e. The molecule has 1 aromatic heterocycles. The summed E-state index contributed by atoms with van der Waals surface area (Å²) < 4.78 is 5.26. The van der Waals surface area contributed by atoms with E-state index in [0.717, 1.165) is 16.5 Å². The molecule has 0 spiro atoms. The molecule has 1 heterocycles. The summed E-state index contributed by atoms with van der Waals surface area (Å²) in [5.74, 6) is -0.432.